The molecule has 0 atom stereocenters. The molecule has 0 fully saturated rings. The van der Waals surface area contributed by atoms with Gasteiger partial charge in [0.1, 0.15) is 33.5 Å². The van der Waals surface area contributed by atoms with Crippen LogP contribution in [0.5, 0.6) is 0 Å². The average molecular weight is 668 g/mol. The predicted molar refractivity (Wildman–Crippen MR) is 214 cm³/mol. The second kappa shape index (κ2) is 11.2. The smallest absolute Gasteiger partial charge is 0.137 e. The number of hydrogen-bond donors (Lipinski definition) is 0. The van der Waals surface area contributed by atoms with Gasteiger partial charge in [-0.05, 0) is 101 Å². The van der Waals surface area contributed by atoms with E-state index in [4.69, 9.17) is 13.3 Å². The number of hydrogen-bond acceptors (Lipinski definition) is 4. The zero-order valence-electron chi connectivity index (χ0n) is 27.9. The Morgan fingerprint density at radius 1 is 0.288 bits per heavy atom. The zero-order chi connectivity index (χ0) is 34.2. The number of nitrogens with zero attached hydrogens (tertiary/aromatic N) is 1. The third-order valence-corrected chi connectivity index (χ3v) is 10.3. The molecule has 3 heterocycles. The maximum Gasteiger partial charge on any atom is 0.137 e. The van der Waals surface area contributed by atoms with E-state index in [0.29, 0.717) is 0 Å². The summed E-state index contributed by atoms with van der Waals surface area (Å²) in [4.78, 5) is 2.26. The lowest BCUT2D eigenvalue weighted by Crippen LogP contribution is -2.09. The van der Waals surface area contributed by atoms with Crippen molar-refractivity contribution in [3.63, 3.8) is 0 Å². The van der Waals surface area contributed by atoms with Crippen LogP contribution < -0.4 is 4.90 Å². The van der Waals surface area contributed by atoms with E-state index in [1.807, 2.05) is 30.3 Å². The second-order valence-electron chi connectivity index (χ2n) is 13.3. The maximum absolute atomic E-state index is 6.59. The van der Waals surface area contributed by atoms with Gasteiger partial charge in [0.15, 0.2) is 0 Å². The first-order valence-electron chi connectivity index (χ1n) is 17.5. The molecule has 0 N–H and O–H groups in total. The Morgan fingerprint density at radius 3 is 1.38 bits per heavy atom. The average Bonchev–Trinajstić information content (AvgIpc) is 3.89. The molecule has 0 aliphatic rings. The standard InChI is InChI=1S/C48H29NO3/c1-3-11-32(12-4-1)49(33-13-5-2-6-14-33)34-23-24-38-46(29-34)52-45-20-10-17-36(48(38)45)31-22-26-43-40(28-31)39-27-30(21-25-42(39)50-43)35-16-9-19-44-47(35)37-15-7-8-18-41(37)51-44/h1-29H. The van der Waals surface area contributed by atoms with Crippen molar-refractivity contribution in [3.8, 4) is 22.3 Å². The molecule has 3 aromatic heterocycles. The van der Waals surface area contributed by atoms with Gasteiger partial charge in [-0.2, -0.15) is 0 Å². The van der Waals surface area contributed by atoms with Crippen LogP contribution in [-0.2, 0) is 0 Å². The molecule has 11 aromatic rings. The molecule has 0 bridgehead atoms. The van der Waals surface area contributed by atoms with Crippen molar-refractivity contribution >= 4 is 82.9 Å². The summed E-state index contributed by atoms with van der Waals surface area (Å²) in [6, 6.07) is 61.2. The van der Waals surface area contributed by atoms with Crippen LogP contribution in [0.3, 0.4) is 0 Å². The van der Waals surface area contributed by atoms with E-state index in [9.17, 15) is 0 Å². The number of benzene rings is 8. The van der Waals surface area contributed by atoms with Crippen molar-refractivity contribution in [2.45, 2.75) is 0 Å². The van der Waals surface area contributed by atoms with Crippen LogP contribution >= 0.6 is 0 Å². The Bertz CT molecular complexity index is 3090. The molecule has 0 saturated carbocycles. The molecule has 0 saturated heterocycles. The van der Waals surface area contributed by atoms with Crippen molar-refractivity contribution in [1.82, 2.24) is 0 Å². The van der Waals surface area contributed by atoms with Crippen LogP contribution in [0.4, 0.5) is 17.1 Å². The van der Waals surface area contributed by atoms with Gasteiger partial charge < -0.3 is 18.2 Å². The van der Waals surface area contributed by atoms with E-state index in [2.05, 4.69) is 150 Å². The van der Waals surface area contributed by atoms with Crippen LogP contribution in [0.2, 0.25) is 0 Å². The lowest BCUT2D eigenvalue weighted by molar-refractivity contribution is 0.668. The fourth-order valence-electron chi connectivity index (χ4n) is 7.92. The highest BCUT2D eigenvalue weighted by Gasteiger charge is 2.19. The predicted octanol–water partition coefficient (Wildman–Crippen LogP) is 14.2. The Labute approximate surface area is 298 Å². The Balaban J connectivity index is 1.05. The molecule has 52 heavy (non-hydrogen) atoms. The number of para-hydroxylation sites is 3. The van der Waals surface area contributed by atoms with Gasteiger partial charge in [0.05, 0.1) is 0 Å². The fourth-order valence-corrected chi connectivity index (χ4v) is 7.92. The fraction of sp³-hybridized carbons (Fsp3) is 0. The summed E-state index contributed by atoms with van der Waals surface area (Å²) in [7, 11) is 0. The summed E-state index contributed by atoms with van der Waals surface area (Å²) in [6.07, 6.45) is 0. The van der Waals surface area contributed by atoms with Gasteiger partial charge >= 0.3 is 0 Å². The van der Waals surface area contributed by atoms with Gasteiger partial charge in [-0.1, -0.05) is 91.0 Å². The first kappa shape index (κ1) is 28.8. The molecule has 0 amide bonds. The van der Waals surface area contributed by atoms with E-state index in [0.717, 1.165) is 105 Å². The summed E-state index contributed by atoms with van der Waals surface area (Å²) in [5.74, 6) is 0. The van der Waals surface area contributed by atoms with E-state index in [1.54, 1.807) is 0 Å². The lowest BCUT2D eigenvalue weighted by Gasteiger charge is -2.25. The summed E-state index contributed by atoms with van der Waals surface area (Å²) in [5, 5.41) is 6.58. The van der Waals surface area contributed by atoms with Gasteiger partial charge in [-0.15, -0.1) is 0 Å². The first-order valence-corrected chi connectivity index (χ1v) is 17.5. The van der Waals surface area contributed by atoms with Crippen LogP contribution in [0.15, 0.2) is 189 Å². The van der Waals surface area contributed by atoms with Gasteiger partial charge in [-0.25, -0.2) is 0 Å². The maximum atomic E-state index is 6.59. The van der Waals surface area contributed by atoms with E-state index in [1.165, 1.54) is 0 Å². The summed E-state index contributed by atoms with van der Waals surface area (Å²) in [5.41, 5.74) is 12.9. The minimum atomic E-state index is 0.845. The van der Waals surface area contributed by atoms with Gasteiger partial charge in [0.2, 0.25) is 0 Å². The summed E-state index contributed by atoms with van der Waals surface area (Å²) >= 11 is 0. The van der Waals surface area contributed by atoms with Gasteiger partial charge in [0.25, 0.3) is 0 Å². The molecule has 8 aromatic carbocycles. The largest absolute Gasteiger partial charge is 0.456 e. The van der Waals surface area contributed by atoms with Crippen LogP contribution in [0.1, 0.15) is 0 Å². The van der Waals surface area contributed by atoms with E-state index < -0.39 is 0 Å². The highest BCUT2D eigenvalue weighted by atomic mass is 16.3. The third kappa shape index (κ3) is 4.41. The molecule has 244 valence electrons. The van der Waals surface area contributed by atoms with Crippen LogP contribution in [0.25, 0.3) is 88.1 Å². The third-order valence-electron chi connectivity index (χ3n) is 10.3. The van der Waals surface area contributed by atoms with Crippen molar-refractivity contribution in [1.29, 1.82) is 0 Å². The van der Waals surface area contributed by atoms with Crippen molar-refractivity contribution in [2.24, 2.45) is 0 Å². The Morgan fingerprint density at radius 2 is 0.769 bits per heavy atom. The van der Waals surface area contributed by atoms with E-state index in [-0.39, 0.29) is 0 Å². The summed E-state index contributed by atoms with van der Waals surface area (Å²) < 4.78 is 19.2. The Kier molecular flexibility index (Phi) is 6.22. The summed E-state index contributed by atoms with van der Waals surface area (Å²) in [6.45, 7) is 0. The monoisotopic (exact) mass is 667 g/mol. The number of anilines is 3. The Hall–Kier alpha value is -7.04. The lowest BCUT2D eigenvalue weighted by atomic mass is 9.96. The van der Waals surface area contributed by atoms with Crippen LogP contribution in [-0.4, -0.2) is 0 Å². The molecule has 11 rings (SSSR count). The molecule has 4 heteroatoms. The molecule has 0 aliphatic carbocycles. The quantitative estimate of drug-likeness (QED) is 0.183. The number of fused-ring (bicyclic) bond motifs is 9. The minimum Gasteiger partial charge on any atom is -0.456 e. The molecule has 0 aliphatic heterocycles. The van der Waals surface area contributed by atoms with Gasteiger partial charge in [0, 0.05) is 55.4 Å². The van der Waals surface area contributed by atoms with Crippen LogP contribution in [0, 0.1) is 0 Å². The number of furan rings is 3. The first-order chi connectivity index (χ1) is 25.8. The minimum absolute atomic E-state index is 0.845. The highest BCUT2D eigenvalue weighted by molar-refractivity contribution is 6.16. The van der Waals surface area contributed by atoms with E-state index >= 15 is 0 Å². The number of rotatable bonds is 5. The van der Waals surface area contributed by atoms with Crippen molar-refractivity contribution in [2.75, 3.05) is 4.90 Å². The molecule has 0 radical (unpaired) electrons. The topological polar surface area (TPSA) is 42.7 Å². The van der Waals surface area contributed by atoms with Crippen molar-refractivity contribution < 1.29 is 13.3 Å². The SMILES string of the molecule is c1ccc(N(c2ccccc2)c2ccc3c(c2)oc2cccc(-c4ccc5oc6ccc(-c7cccc8oc9ccccc9c78)cc6c5c4)c23)cc1. The molecule has 0 spiro atoms. The molecular formula is C48H29NO3. The van der Waals surface area contributed by atoms with Crippen molar-refractivity contribution in [3.05, 3.63) is 176 Å². The molecule has 0 unspecified atom stereocenters. The van der Waals surface area contributed by atoms with Gasteiger partial charge in [-0.3, -0.25) is 0 Å². The normalized spacial score (nSPS) is 11.8. The molecular weight excluding hydrogens is 639 g/mol. The zero-order valence-corrected chi connectivity index (χ0v) is 27.9. The second-order valence-corrected chi connectivity index (χ2v) is 13.3. The highest BCUT2D eigenvalue weighted by Crippen LogP contribution is 2.43. The molecule has 4 nitrogen and oxygen atoms in total.